The summed E-state index contributed by atoms with van der Waals surface area (Å²) in [7, 11) is 1.85. The van der Waals surface area contributed by atoms with E-state index < -0.39 is 0 Å². The van der Waals surface area contributed by atoms with Gasteiger partial charge in [-0.05, 0) is 26.7 Å². The van der Waals surface area contributed by atoms with E-state index in [4.69, 9.17) is 5.73 Å². The van der Waals surface area contributed by atoms with Crippen molar-refractivity contribution < 1.29 is 4.79 Å². The Hall–Kier alpha value is -0.770. The molecule has 0 aromatic carbocycles. The molecular weight excluding hydrogens is 178 g/mol. The second-order valence-electron chi connectivity index (χ2n) is 4.78. The second kappa shape index (κ2) is 4.17. The van der Waals surface area contributed by atoms with Gasteiger partial charge in [0.25, 0.3) is 0 Å². The molecule has 0 aliphatic carbocycles. The van der Waals surface area contributed by atoms with E-state index in [9.17, 15) is 4.79 Å². The van der Waals surface area contributed by atoms with Crippen LogP contribution in [0.2, 0.25) is 0 Å². The van der Waals surface area contributed by atoms with Gasteiger partial charge in [-0.1, -0.05) is 0 Å². The summed E-state index contributed by atoms with van der Waals surface area (Å²) in [5, 5.41) is 0. The lowest BCUT2D eigenvalue weighted by molar-refractivity contribution is 0.137. The fourth-order valence-corrected chi connectivity index (χ4v) is 1.56. The molecule has 0 atom stereocenters. The molecule has 0 radical (unpaired) electrons. The third kappa shape index (κ3) is 3.18. The maximum Gasteiger partial charge on any atom is 0.319 e. The highest BCUT2D eigenvalue weighted by Gasteiger charge is 2.23. The van der Waals surface area contributed by atoms with Gasteiger partial charge in [0, 0.05) is 32.2 Å². The number of hydrogen-bond donors (Lipinski definition) is 1. The zero-order valence-corrected chi connectivity index (χ0v) is 9.42. The van der Waals surface area contributed by atoms with E-state index >= 15 is 0 Å². The highest BCUT2D eigenvalue weighted by atomic mass is 16.2. The van der Waals surface area contributed by atoms with Gasteiger partial charge < -0.3 is 15.5 Å². The first-order valence-corrected chi connectivity index (χ1v) is 5.19. The van der Waals surface area contributed by atoms with Crippen LogP contribution in [0.3, 0.4) is 0 Å². The van der Waals surface area contributed by atoms with Crippen molar-refractivity contribution in [1.29, 1.82) is 0 Å². The van der Waals surface area contributed by atoms with Crippen LogP contribution in [0.25, 0.3) is 0 Å². The van der Waals surface area contributed by atoms with Gasteiger partial charge in [-0.3, -0.25) is 0 Å². The van der Waals surface area contributed by atoms with Crippen LogP contribution < -0.4 is 5.73 Å². The van der Waals surface area contributed by atoms with Crippen molar-refractivity contribution in [2.45, 2.75) is 32.2 Å². The Bertz CT molecular complexity index is 210. The first kappa shape index (κ1) is 11.3. The number of nitrogens with zero attached hydrogens (tertiary/aromatic N) is 2. The lowest BCUT2D eigenvalue weighted by Crippen LogP contribution is -2.49. The molecule has 1 rings (SSSR count). The van der Waals surface area contributed by atoms with Crippen molar-refractivity contribution in [2.24, 2.45) is 5.73 Å². The largest absolute Gasteiger partial charge is 0.328 e. The van der Waals surface area contributed by atoms with E-state index in [1.807, 2.05) is 25.8 Å². The van der Waals surface area contributed by atoms with Crippen LogP contribution >= 0.6 is 0 Å². The van der Waals surface area contributed by atoms with Gasteiger partial charge in [-0.15, -0.1) is 0 Å². The molecule has 0 saturated carbocycles. The van der Waals surface area contributed by atoms with Crippen molar-refractivity contribution in [3.05, 3.63) is 0 Å². The highest BCUT2D eigenvalue weighted by molar-refractivity contribution is 5.74. The predicted octanol–water partition coefficient (Wildman–Crippen LogP) is 0.871. The van der Waals surface area contributed by atoms with Crippen LogP contribution in [0, 0.1) is 0 Å². The Morgan fingerprint density at radius 2 is 2.07 bits per heavy atom. The number of urea groups is 1. The molecule has 0 bridgehead atoms. The number of amides is 2. The minimum Gasteiger partial charge on any atom is -0.328 e. The van der Waals surface area contributed by atoms with Crippen molar-refractivity contribution in [3.8, 4) is 0 Å². The fraction of sp³-hybridized carbons (Fsp3) is 0.900. The molecule has 2 N–H and O–H groups in total. The first-order chi connectivity index (χ1) is 6.40. The Morgan fingerprint density at radius 1 is 1.43 bits per heavy atom. The molecule has 4 nitrogen and oxygen atoms in total. The summed E-state index contributed by atoms with van der Waals surface area (Å²) in [6.45, 7) is 6.50. The first-order valence-electron chi connectivity index (χ1n) is 5.19. The van der Waals surface area contributed by atoms with Crippen LogP contribution in [-0.4, -0.2) is 48.1 Å². The highest BCUT2D eigenvalue weighted by Crippen LogP contribution is 2.11. The van der Waals surface area contributed by atoms with Gasteiger partial charge in [0.15, 0.2) is 0 Å². The standard InChI is InChI=1S/C10H21N3O/c1-10(2,11)5-8-13-7-4-6-12(3)9(13)14/h4-8,11H2,1-3H3. The van der Waals surface area contributed by atoms with Crippen molar-refractivity contribution in [2.75, 3.05) is 26.7 Å². The summed E-state index contributed by atoms with van der Waals surface area (Å²) >= 11 is 0. The maximum absolute atomic E-state index is 11.7. The van der Waals surface area contributed by atoms with Gasteiger partial charge in [0.05, 0.1) is 0 Å². The lowest BCUT2D eigenvalue weighted by Gasteiger charge is -2.34. The summed E-state index contributed by atoms with van der Waals surface area (Å²) < 4.78 is 0. The Balaban J connectivity index is 2.40. The van der Waals surface area contributed by atoms with E-state index in [2.05, 4.69) is 0 Å². The van der Waals surface area contributed by atoms with E-state index in [-0.39, 0.29) is 11.6 Å². The van der Waals surface area contributed by atoms with Crippen molar-refractivity contribution >= 4 is 6.03 Å². The van der Waals surface area contributed by atoms with Crippen LogP contribution in [0.5, 0.6) is 0 Å². The van der Waals surface area contributed by atoms with E-state index in [0.29, 0.717) is 0 Å². The minimum absolute atomic E-state index is 0.139. The summed E-state index contributed by atoms with van der Waals surface area (Å²) in [6, 6.07) is 0.139. The molecule has 4 heteroatoms. The molecule has 1 aliphatic rings. The monoisotopic (exact) mass is 199 g/mol. The molecule has 1 aliphatic heterocycles. The van der Waals surface area contributed by atoms with Crippen LogP contribution in [0.15, 0.2) is 0 Å². The van der Waals surface area contributed by atoms with E-state index in [1.165, 1.54) is 0 Å². The van der Waals surface area contributed by atoms with Crippen molar-refractivity contribution in [1.82, 2.24) is 9.80 Å². The summed E-state index contributed by atoms with van der Waals surface area (Å²) in [6.07, 6.45) is 1.92. The molecule has 0 aromatic rings. The molecule has 0 aromatic heterocycles. The van der Waals surface area contributed by atoms with Gasteiger partial charge in [-0.25, -0.2) is 4.79 Å². The fourth-order valence-electron chi connectivity index (χ4n) is 1.56. The second-order valence-corrected chi connectivity index (χ2v) is 4.78. The topological polar surface area (TPSA) is 49.6 Å². The molecule has 1 fully saturated rings. The Labute approximate surface area is 86.0 Å². The molecule has 1 heterocycles. The number of nitrogens with two attached hydrogens (primary N) is 1. The molecular formula is C10H21N3O. The van der Waals surface area contributed by atoms with Crippen LogP contribution in [0.1, 0.15) is 26.7 Å². The number of carbonyl (C=O) groups excluding carboxylic acids is 1. The SMILES string of the molecule is CN1CCCN(CCC(C)(C)N)C1=O. The average Bonchev–Trinajstić information content (AvgIpc) is 2.06. The number of hydrogen-bond acceptors (Lipinski definition) is 2. The quantitative estimate of drug-likeness (QED) is 0.733. The zero-order chi connectivity index (χ0) is 10.8. The summed E-state index contributed by atoms with van der Waals surface area (Å²) in [5.74, 6) is 0. The lowest BCUT2D eigenvalue weighted by atomic mass is 10.0. The third-order valence-electron chi connectivity index (χ3n) is 2.54. The molecule has 14 heavy (non-hydrogen) atoms. The number of carbonyl (C=O) groups is 1. The minimum atomic E-state index is -0.184. The van der Waals surface area contributed by atoms with Crippen molar-refractivity contribution in [3.63, 3.8) is 0 Å². The molecule has 2 amide bonds. The smallest absolute Gasteiger partial charge is 0.319 e. The van der Waals surface area contributed by atoms with Gasteiger partial charge in [-0.2, -0.15) is 0 Å². The van der Waals surface area contributed by atoms with E-state index in [0.717, 1.165) is 32.5 Å². The molecule has 1 saturated heterocycles. The van der Waals surface area contributed by atoms with Gasteiger partial charge >= 0.3 is 6.03 Å². The van der Waals surface area contributed by atoms with Crippen LogP contribution in [-0.2, 0) is 0 Å². The molecule has 0 spiro atoms. The Kier molecular flexibility index (Phi) is 3.37. The zero-order valence-electron chi connectivity index (χ0n) is 9.42. The summed E-state index contributed by atoms with van der Waals surface area (Å²) in [4.78, 5) is 15.3. The molecule has 82 valence electrons. The normalized spacial score (nSPS) is 19.0. The third-order valence-corrected chi connectivity index (χ3v) is 2.54. The molecule has 0 unspecified atom stereocenters. The van der Waals surface area contributed by atoms with Gasteiger partial charge in [0.2, 0.25) is 0 Å². The Morgan fingerprint density at radius 3 is 2.64 bits per heavy atom. The maximum atomic E-state index is 11.7. The van der Waals surface area contributed by atoms with Crippen LogP contribution in [0.4, 0.5) is 4.79 Å². The summed E-state index contributed by atoms with van der Waals surface area (Å²) in [5.41, 5.74) is 5.70. The average molecular weight is 199 g/mol. The van der Waals surface area contributed by atoms with E-state index in [1.54, 1.807) is 4.90 Å². The number of rotatable bonds is 3. The predicted molar refractivity (Wildman–Crippen MR) is 57.1 cm³/mol. The van der Waals surface area contributed by atoms with Gasteiger partial charge in [0.1, 0.15) is 0 Å².